The van der Waals surface area contributed by atoms with Gasteiger partial charge in [-0.3, -0.25) is 15.0 Å². The second-order valence-corrected chi connectivity index (χ2v) is 3.20. The van der Waals surface area contributed by atoms with Crippen molar-refractivity contribution in [3.05, 3.63) is 0 Å². The van der Waals surface area contributed by atoms with Crippen LogP contribution in [-0.2, 0) is 9.59 Å². The van der Waals surface area contributed by atoms with Crippen molar-refractivity contribution in [1.82, 2.24) is 10.9 Å². The highest BCUT2D eigenvalue weighted by atomic mass is 16.2. The van der Waals surface area contributed by atoms with Crippen molar-refractivity contribution in [3.8, 4) is 0 Å². The van der Waals surface area contributed by atoms with Gasteiger partial charge in [0.15, 0.2) is 5.78 Å². The lowest BCUT2D eigenvalue weighted by Gasteiger charge is -2.18. The SMILES string of the molecule is O=C1CC(=O)C2(CCNN2)C1. The predicted molar refractivity (Wildman–Crippen MR) is 37.7 cm³/mol. The molecule has 2 rings (SSSR count). The fourth-order valence-electron chi connectivity index (χ4n) is 1.76. The lowest BCUT2D eigenvalue weighted by molar-refractivity contribution is -0.123. The molecule has 1 atom stereocenters. The van der Waals surface area contributed by atoms with Crippen LogP contribution in [0.25, 0.3) is 0 Å². The fourth-order valence-corrected chi connectivity index (χ4v) is 1.76. The first-order chi connectivity index (χ1) is 5.23. The Balaban J connectivity index is 2.24. The van der Waals surface area contributed by atoms with E-state index in [-0.39, 0.29) is 18.0 Å². The second-order valence-electron chi connectivity index (χ2n) is 3.20. The molecule has 0 aromatic carbocycles. The second kappa shape index (κ2) is 2.12. The molecular formula is C7H10N2O2. The van der Waals surface area contributed by atoms with Crippen molar-refractivity contribution in [2.75, 3.05) is 6.54 Å². The first-order valence-corrected chi connectivity index (χ1v) is 3.78. The van der Waals surface area contributed by atoms with Crippen molar-refractivity contribution in [3.63, 3.8) is 0 Å². The van der Waals surface area contributed by atoms with Gasteiger partial charge in [0.2, 0.25) is 0 Å². The van der Waals surface area contributed by atoms with E-state index in [4.69, 9.17) is 0 Å². The predicted octanol–water partition coefficient (Wildman–Crippen LogP) is -0.845. The summed E-state index contributed by atoms with van der Waals surface area (Å²) in [6, 6.07) is 0. The topological polar surface area (TPSA) is 58.2 Å². The van der Waals surface area contributed by atoms with E-state index in [2.05, 4.69) is 10.9 Å². The zero-order valence-corrected chi connectivity index (χ0v) is 6.14. The summed E-state index contributed by atoms with van der Waals surface area (Å²) >= 11 is 0. The van der Waals surface area contributed by atoms with E-state index in [1.807, 2.05) is 0 Å². The van der Waals surface area contributed by atoms with Gasteiger partial charge in [-0.1, -0.05) is 0 Å². The Labute approximate surface area is 64.3 Å². The van der Waals surface area contributed by atoms with Crippen LogP contribution in [-0.4, -0.2) is 23.7 Å². The Morgan fingerprint density at radius 1 is 1.36 bits per heavy atom. The summed E-state index contributed by atoms with van der Waals surface area (Å²) in [4.78, 5) is 22.2. The summed E-state index contributed by atoms with van der Waals surface area (Å²) in [7, 11) is 0. The highest BCUT2D eigenvalue weighted by Crippen LogP contribution is 2.28. The molecule has 0 radical (unpaired) electrons. The largest absolute Gasteiger partial charge is 0.299 e. The average Bonchev–Trinajstić information content (AvgIpc) is 2.45. The summed E-state index contributed by atoms with van der Waals surface area (Å²) in [5.41, 5.74) is 5.24. The molecule has 1 unspecified atom stereocenters. The molecule has 1 aliphatic carbocycles. The third-order valence-electron chi connectivity index (χ3n) is 2.39. The van der Waals surface area contributed by atoms with Crippen LogP contribution in [0.5, 0.6) is 0 Å². The van der Waals surface area contributed by atoms with Gasteiger partial charge in [0.05, 0.1) is 12.0 Å². The molecule has 1 heterocycles. The van der Waals surface area contributed by atoms with Crippen LogP contribution in [0.3, 0.4) is 0 Å². The lowest BCUT2D eigenvalue weighted by Crippen LogP contribution is -2.47. The third kappa shape index (κ3) is 0.902. The Morgan fingerprint density at radius 3 is 2.64 bits per heavy atom. The molecule has 4 nitrogen and oxygen atoms in total. The molecule has 1 saturated heterocycles. The van der Waals surface area contributed by atoms with Crippen molar-refractivity contribution in [2.24, 2.45) is 0 Å². The standard InChI is InChI=1S/C7H10N2O2/c10-5-3-6(11)7(4-5)1-2-8-9-7/h8-9H,1-4H2. The molecular weight excluding hydrogens is 144 g/mol. The zero-order valence-electron chi connectivity index (χ0n) is 6.14. The highest BCUT2D eigenvalue weighted by molar-refractivity contribution is 6.11. The van der Waals surface area contributed by atoms with Crippen LogP contribution < -0.4 is 10.9 Å². The molecule has 60 valence electrons. The summed E-state index contributed by atoms with van der Waals surface area (Å²) in [6.45, 7) is 0.777. The van der Waals surface area contributed by atoms with Gasteiger partial charge in [0, 0.05) is 13.0 Å². The maximum atomic E-state index is 11.3. The number of hydrogen-bond acceptors (Lipinski definition) is 4. The molecule has 2 fully saturated rings. The Hall–Kier alpha value is -0.740. The van der Waals surface area contributed by atoms with Crippen molar-refractivity contribution in [1.29, 1.82) is 0 Å². The summed E-state index contributed by atoms with van der Waals surface area (Å²) < 4.78 is 0. The molecule has 1 aliphatic heterocycles. The monoisotopic (exact) mass is 154 g/mol. The van der Waals surface area contributed by atoms with Crippen molar-refractivity contribution in [2.45, 2.75) is 24.8 Å². The minimum Gasteiger partial charge on any atom is -0.299 e. The van der Waals surface area contributed by atoms with Crippen LogP contribution in [0.15, 0.2) is 0 Å². The maximum Gasteiger partial charge on any atom is 0.162 e. The number of carbonyl (C=O) groups is 2. The zero-order chi connectivity index (χ0) is 7.90. The number of carbonyl (C=O) groups excluding carboxylic acids is 2. The van der Waals surface area contributed by atoms with E-state index in [0.29, 0.717) is 6.42 Å². The molecule has 1 spiro atoms. The van der Waals surface area contributed by atoms with Crippen LogP contribution >= 0.6 is 0 Å². The number of hydrogen-bond donors (Lipinski definition) is 2. The van der Waals surface area contributed by atoms with Crippen LogP contribution in [0.2, 0.25) is 0 Å². The van der Waals surface area contributed by atoms with Gasteiger partial charge >= 0.3 is 0 Å². The molecule has 0 amide bonds. The van der Waals surface area contributed by atoms with E-state index in [9.17, 15) is 9.59 Å². The third-order valence-corrected chi connectivity index (χ3v) is 2.39. The van der Waals surface area contributed by atoms with Gasteiger partial charge in [-0.05, 0) is 6.42 Å². The summed E-state index contributed by atoms with van der Waals surface area (Å²) in [5.74, 6) is 0.110. The average molecular weight is 154 g/mol. The van der Waals surface area contributed by atoms with Gasteiger partial charge in [0.1, 0.15) is 5.78 Å². The molecule has 1 saturated carbocycles. The van der Waals surface area contributed by atoms with E-state index in [0.717, 1.165) is 13.0 Å². The van der Waals surface area contributed by atoms with Crippen LogP contribution in [0, 0.1) is 0 Å². The molecule has 0 bridgehead atoms. The number of nitrogens with one attached hydrogen (secondary N) is 2. The van der Waals surface area contributed by atoms with Gasteiger partial charge < -0.3 is 0 Å². The maximum absolute atomic E-state index is 11.3. The molecule has 2 N–H and O–H groups in total. The van der Waals surface area contributed by atoms with E-state index in [1.165, 1.54) is 0 Å². The number of ketones is 2. The lowest BCUT2D eigenvalue weighted by atomic mass is 9.95. The first kappa shape index (κ1) is 6.94. The minimum atomic E-state index is -0.531. The van der Waals surface area contributed by atoms with Gasteiger partial charge in [-0.25, -0.2) is 5.43 Å². The Bertz CT molecular complexity index is 218. The summed E-state index contributed by atoms with van der Waals surface area (Å²) in [6.07, 6.45) is 1.24. The number of hydrazine groups is 1. The molecule has 0 aromatic heterocycles. The minimum absolute atomic E-state index is 0.0486. The van der Waals surface area contributed by atoms with Crippen LogP contribution in [0.4, 0.5) is 0 Å². The Morgan fingerprint density at radius 2 is 2.18 bits per heavy atom. The normalized spacial score (nSPS) is 37.5. The fraction of sp³-hybridized carbons (Fsp3) is 0.714. The Kier molecular flexibility index (Phi) is 1.34. The quantitative estimate of drug-likeness (QED) is 0.446. The van der Waals surface area contributed by atoms with E-state index in [1.54, 1.807) is 0 Å². The smallest absolute Gasteiger partial charge is 0.162 e. The number of Topliss-reactive ketones (excluding diaryl/α,β-unsaturated/α-hetero) is 2. The highest BCUT2D eigenvalue weighted by Gasteiger charge is 2.47. The van der Waals surface area contributed by atoms with Gasteiger partial charge in [-0.15, -0.1) is 0 Å². The van der Waals surface area contributed by atoms with Crippen LogP contribution in [0.1, 0.15) is 19.3 Å². The molecule has 11 heavy (non-hydrogen) atoms. The summed E-state index contributed by atoms with van der Waals surface area (Å²) in [5, 5.41) is 0. The molecule has 0 aromatic rings. The van der Waals surface area contributed by atoms with E-state index < -0.39 is 5.54 Å². The van der Waals surface area contributed by atoms with E-state index >= 15 is 0 Å². The van der Waals surface area contributed by atoms with Crippen molar-refractivity contribution >= 4 is 11.6 Å². The molecule has 4 heteroatoms. The van der Waals surface area contributed by atoms with Crippen molar-refractivity contribution < 1.29 is 9.59 Å². The van der Waals surface area contributed by atoms with Gasteiger partial charge in [0.25, 0.3) is 0 Å². The first-order valence-electron chi connectivity index (χ1n) is 3.78. The van der Waals surface area contributed by atoms with Gasteiger partial charge in [-0.2, -0.15) is 0 Å². The number of rotatable bonds is 0. The molecule has 2 aliphatic rings.